The largest absolute Gasteiger partial charge is 0.482 e. The van der Waals surface area contributed by atoms with Gasteiger partial charge in [-0.15, -0.1) is 0 Å². The molecule has 21 heavy (non-hydrogen) atoms. The number of carbonyl (C=O) groups excluding carboxylic acids is 2. The maximum Gasteiger partial charge on any atom is 0.262 e. The molecule has 3 rings (SSSR count). The number of nitrogens with one attached hydrogen (secondary N) is 2. The molecule has 0 atom stereocenters. The van der Waals surface area contributed by atoms with Crippen molar-refractivity contribution in [2.24, 2.45) is 0 Å². The van der Waals surface area contributed by atoms with E-state index < -0.39 is 0 Å². The van der Waals surface area contributed by atoms with Gasteiger partial charge >= 0.3 is 0 Å². The van der Waals surface area contributed by atoms with Gasteiger partial charge in [0, 0.05) is 24.5 Å². The van der Waals surface area contributed by atoms with Crippen LogP contribution in [0, 0.1) is 0 Å². The number of anilines is 1. The lowest BCUT2D eigenvalue weighted by Gasteiger charge is -2.18. The van der Waals surface area contributed by atoms with E-state index in [1.165, 1.54) is 0 Å². The van der Waals surface area contributed by atoms with Crippen molar-refractivity contribution < 1.29 is 14.3 Å². The van der Waals surface area contributed by atoms with Gasteiger partial charge in [0.25, 0.3) is 11.8 Å². The summed E-state index contributed by atoms with van der Waals surface area (Å²) in [5.74, 6) is 0.110. The fourth-order valence-corrected chi connectivity index (χ4v) is 2.00. The van der Waals surface area contributed by atoms with Crippen LogP contribution in [0.1, 0.15) is 15.9 Å². The summed E-state index contributed by atoms with van der Waals surface area (Å²) in [5, 5.41) is 5.50. The molecule has 0 radical (unpaired) electrons. The van der Waals surface area contributed by atoms with E-state index in [-0.39, 0.29) is 18.4 Å². The third kappa shape index (κ3) is 3.00. The smallest absolute Gasteiger partial charge is 0.262 e. The zero-order valence-corrected chi connectivity index (χ0v) is 11.1. The molecule has 6 heteroatoms. The molecule has 0 unspecified atom stereocenters. The van der Waals surface area contributed by atoms with Crippen molar-refractivity contribution in [3.05, 3.63) is 53.9 Å². The van der Waals surface area contributed by atoms with Crippen LogP contribution in [0.3, 0.4) is 0 Å². The molecule has 1 aromatic carbocycles. The first-order chi connectivity index (χ1) is 10.2. The van der Waals surface area contributed by atoms with Gasteiger partial charge in [0.05, 0.1) is 5.69 Å². The van der Waals surface area contributed by atoms with Crippen molar-refractivity contribution in [3.8, 4) is 5.75 Å². The van der Waals surface area contributed by atoms with Gasteiger partial charge < -0.3 is 15.4 Å². The molecule has 2 aromatic rings. The Balaban J connectivity index is 1.69. The number of carbonyl (C=O) groups is 2. The zero-order chi connectivity index (χ0) is 14.7. The first-order valence-electron chi connectivity index (χ1n) is 6.46. The highest BCUT2D eigenvalue weighted by molar-refractivity contribution is 5.98. The predicted molar refractivity (Wildman–Crippen MR) is 76.0 cm³/mol. The van der Waals surface area contributed by atoms with Gasteiger partial charge in [-0.3, -0.25) is 14.6 Å². The van der Waals surface area contributed by atoms with Crippen molar-refractivity contribution in [1.29, 1.82) is 0 Å². The molecule has 0 saturated carbocycles. The molecular formula is C15H13N3O3. The number of hydrogen-bond donors (Lipinski definition) is 2. The molecule has 0 bridgehead atoms. The lowest BCUT2D eigenvalue weighted by atomic mass is 10.1. The lowest BCUT2D eigenvalue weighted by Crippen LogP contribution is -2.26. The van der Waals surface area contributed by atoms with Crippen molar-refractivity contribution in [2.45, 2.75) is 6.54 Å². The zero-order valence-electron chi connectivity index (χ0n) is 11.1. The molecule has 0 saturated heterocycles. The minimum atomic E-state index is -0.199. The van der Waals surface area contributed by atoms with Gasteiger partial charge in [0.15, 0.2) is 6.61 Å². The first kappa shape index (κ1) is 13.1. The Morgan fingerprint density at radius 2 is 2.10 bits per heavy atom. The summed E-state index contributed by atoms with van der Waals surface area (Å²) in [6.07, 6.45) is 3.35. The van der Waals surface area contributed by atoms with Gasteiger partial charge in [0.2, 0.25) is 0 Å². The number of pyridine rings is 1. The number of fused-ring (bicyclic) bond motifs is 1. The Bertz CT molecular complexity index is 686. The monoisotopic (exact) mass is 283 g/mol. The van der Waals surface area contributed by atoms with Crippen LogP contribution in [-0.2, 0) is 11.3 Å². The van der Waals surface area contributed by atoms with Crippen LogP contribution in [-0.4, -0.2) is 23.4 Å². The normalized spacial score (nSPS) is 12.9. The van der Waals surface area contributed by atoms with Crippen molar-refractivity contribution >= 4 is 17.5 Å². The van der Waals surface area contributed by atoms with Gasteiger partial charge in [-0.25, -0.2) is 0 Å². The van der Waals surface area contributed by atoms with E-state index in [0.29, 0.717) is 23.5 Å². The fraction of sp³-hybridized carbons (Fsp3) is 0.133. The van der Waals surface area contributed by atoms with E-state index in [2.05, 4.69) is 15.6 Å². The Labute approximate surface area is 121 Å². The van der Waals surface area contributed by atoms with Crippen LogP contribution in [0.2, 0.25) is 0 Å². The summed E-state index contributed by atoms with van der Waals surface area (Å²) in [7, 11) is 0. The van der Waals surface area contributed by atoms with Gasteiger partial charge in [-0.2, -0.15) is 0 Å². The average molecular weight is 283 g/mol. The van der Waals surface area contributed by atoms with Crippen LogP contribution in [0.15, 0.2) is 42.7 Å². The number of aromatic nitrogens is 1. The standard InChI is InChI=1S/C15H13N3O3/c19-14-9-21-13-7-11(1-2-12(13)18-14)15(20)17-8-10-3-5-16-6-4-10/h1-7H,8-9H2,(H,17,20)(H,18,19). The number of ether oxygens (including phenoxy) is 1. The average Bonchev–Trinajstić information content (AvgIpc) is 2.53. The topological polar surface area (TPSA) is 80.3 Å². The second kappa shape index (κ2) is 5.62. The Morgan fingerprint density at radius 1 is 1.29 bits per heavy atom. The first-order valence-corrected chi connectivity index (χ1v) is 6.46. The number of hydrogen-bond acceptors (Lipinski definition) is 4. The third-order valence-electron chi connectivity index (χ3n) is 3.08. The molecular weight excluding hydrogens is 270 g/mol. The molecule has 106 valence electrons. The summed E-state index contributed by atoms with van der Waals surface area (Å²) in [6, 6.07) is 8.61. The second-order valence-corrected chi connectivity index (χ2v) is 4.59. The van der Waals surface area contributed by atoms with E-state index in [4.69, 9.17) is 4.74 Å². The molecule has 1 aliphatic rings. The highest BCUT2D eigenvalue weighted by Gasteiger charge is 2.17. The minimum Gasteiger partial charge on any atom is -0.482 e. The number of amides is 2. The lowest BCUT2D eigenvalue weighted by molar-refractivity contribution is -0.118. The minimum absolute atomic E-state index is 0.0327. The number of benzene rings is 1. The molecule has 0 spiro atoms. The van der Waals surface area contributed by atoms with Crippen LogP contribution in [0.25, 0.3) is 0 Å². The van der Waals surface area contributed by atoms with Crippen LogP contribution in [0.5, 0.6) is 5.75 Å². The van der Waals surface area contributed by atoms with Crippen molar-refractivity contribution in [3.63, 3.8) is 0 Å². The molecule has 2 heterocycles. The predicted octanol–water partition coefficient (Wildman–Crippen LogP) is 1.34. The molecule has 6 nitrogen and oxygen atoms in total. The molecule has 2 amide bonds. The second-order valence-electron chi connectivity index (χ2n) is 4.59. The molecule has 2 N–H and O–H groups in total. The highest BCUT2D eigenvalue weighted by Crippen LogP contribution is 2.28. The maximum absolute atomic E-state index is 12.1. The highest BCUT2D eigenvalue weighted by atomic mass is 16.5. The number of nitrogens with zero attached hydrogens (tertiary/aromatic N) is 1. The van der Waals surface area contributed by atoms with E-state index in [1.54, 1.807) is 30.6 Å². The van der Waals surface area contributed by atoms with Gasteiger partial charge in [-0.1, -0.05) is 0 Å². The summed E-state index contributed by atoms with van der Waals surface area (Å²) in [6.45, 7) is 0.394. The summed E-state index contributed by atoms with van der Waals surface area (Å²) < 4.78 is 5.29. The maximum atomic E-state index is 12.1. The van der Waals surface area contributed by atoms with Crippen molar-refractivity contribution in [2.75, 3.05) is 11.9 Å². The van der Waals surface area contributed by atoms with E-state index >= 15 is 0 Å². The Kier molecular flexibility index (Phi) is 3.51. The summed E-state index contributed by atoms with van der Waals surface area (Å²) in [5.41, 5.74) is 2.04. The van der Waals surface area contributed by atoms with E-state index in [0.717, 1.165) is 5.56 Å². The van der Waals surface area contributed by atoms with Crippen molar-refractivity contribution in [1.82, 2.24) is 10.3 Å². The Morgan fingerprint density at radius 3 is 2.90 bits per heavy atom. The van der Waals surface area contributed by atoms with Gasteiger partial charge in [0.1, 0.15) is 5.75 Å². The van der Waals surface area contributed by atoms with E-state index in [1.807, 2.05) is 12.1 Å². The fourth-order valence-electron chi connectivity index (χ4n) is 2.00. The third-order valence-corrected chi connectivity index (χ3v) is 3.08. The molecule has 1 aliphatic heterocycles. The van der Waals surface area contributed by atoms with Gasteiger partial charge in [-0.05, 0) is 35.9 Å². The molecule has 1 aromatic heterocycles. The number of rotatable bonds is 3. The van der Waals surface area contributed by atoms with E-state index in [9.17, 15) is 9.59 Å². The SMILES string of the molecule is O=C1COc2cc(C(=O)NCc3ccncc3)ccc2N1. The summed E-state index contributed by atoms with van der Waals surface area (Å²) in [4.78, 5) is 27.2. The Hall–Kier alpha value is -2.89. The molecule has 0 fully saturated rings. The van der Waals surface area contributed by atoms with Crippen LogP contribution in [0.4, 0.5) is 5.69 Å². The van der Waals surface area contributed by atoms with Crippen LogP contribution < -0.4 is 15.4 Å². The molecule has 0 aliphatic carbocycles. The quantitative estimate of drug-likeness (QED) is 0.891. The summed E-state index contributed by atoms with van der Waals surface area (Å²) >= 11 is 0. The van der Waals surface area contributed by atoms with Crippen LogP contribution >= 0.6 is 0 Å².